The zero-order valence-electron chi connectivity index (χ0n) is 16.8. The number of pyridine rings is 2. The van der Waals surface area contributed by atoms with E-state index in [2.05, 4.69) is 15.3 Å². The van der Waals surface area contributed by atoms with E-state index in [-0.39, 0.29) is 17.2 Å². The van der Waals surface area contributed by atoms with E-state index in [0.717, 1.165) is 11.1 Å². The highest BCUT2D eigenvalue weighted by Crippen LogP contribution is 2.21. The second-order valence-corrected chi connectivity index (χ2v) is 6.88. The molecule has 0 aliphatic carbocycles. The van der Waals surface area contributed by atoms with Gasteiger partial charge in [0.05, 0.1) is 10.6 Å². The lowest BCUT2D eigenvalue weighted by Crippen LogP contribution is -2.25. The molecule has 0 saturated carbocycles. The van der Waals surface area contributed by atoms with E-state index in [9.17, 15) is 19.7 Å². The van der Waals surface area contributed by atoms with Gasteiger partial charge in [-0.2, -0.15) is 0 Å². The van der Waals surface area contributed by atoms with E-state index in [1.54, 1.807) is 37.4 Å². The van der Waals surface area contributed by atoms with Gasteiger partial charge in [0.15, 0.2) is 0 Å². The lowest BCUT2D eigenvalue weighted by molar-refractivity contribution is -0.384. The number of rotatable bonds is 7. The number of hydrogen-bond donors (Lipinski definition) is 2. The molecule has 0 aliphatic rings. The maximum Gasteiger partial charge on any atom is 0.269 e. The van der Waals surface area contributed by atoms with Crippen LogP contribution in [0.25, 0.3) is 11.3 Å². The summed E-state index contributed by atoms with van der Waals surface area (Å²) in [7, 11) is 0. The van der Waals surface area contributed by atoms with Gasteiger partial charge in [-0.15, -0.1) is 0 Å². The van der Waals surface area contributed by atoms with E-state index in [1.165, 1.54) is 12.1 Å². The quantitative estimate of drug-likeness (QED) is 0.461. The molecule has 0 saturated heterocycles. The molecule has 154 valence electrons. The van der Waals surface area contributed by atoms with Gasteiger partial charge in [0.2, 0.25) is 0 Å². The summed E-state index contributed by atoms with van der Waals surface area (Å²) in [6.07, 6.45) is 2.72. The third kappa shape index (κ3) is 4.78. The van der Waals surface area contributed by atoms with Crippen molar-refractivity contribution in [2.75, 3.05) is 6.54 Å². The number of benzene rings is 1. The molecule has 2 heterocycles. The van der Waals surface area contributed by atoms with Crippen molar-refractivity contribution < 1.29 is 9.72 Å². The first-order valence-corrected chi connectivity index (χ1v) is 9.59. The predicted molar refractivity (Wildman–Crippen MR) is 114 cm³/mol. The zero-order chi connectivity index (χ0) is 21.7. The number of aromatic amines is 1. The number of aryl methyl sites for hydroxylation is 2. The zero-order valence-corrected chi connectivity index (χ0v) is 16.8. The molecular weight excluding hydrogens is 384 g/mol. The van der Waals surface area contributed by atoms with Crippen molar-refractivity contribution in [2.24, 2.45) is 0 Å². The summed E-state index contributed by atoms with van der Waals surface area (Å²) in [5.41, 5.74) is 4.04. The SMILES string of the molecule is CCc1cc(-c2cc(C(=O)NCCc3ccc([N+](=O)[O-])cc3)ccn2)c(C)[nH]c1=O. The minimum atomic E-state index is -0.444. The number of nitrogens with one attached hydrogen (secondary N) is 2. The second-order valence-electron chi connectivity index (χ2n) is 6.88. The summed E-state index contributed by atoms with van der Waals surface area (Å²) in [5, 5.41) is 13.6. The van der Waals surface area contributed by atoms with E-state index in [1.807, 2.05) is 13.0 Å². The van der Waals surface area contributed by atoms with E-state index >= 15 is 0 Å². The van der Waals surface area contributed by atoms with Gasteiger partial charge in [-0.25, -0.2) is 0 Å². The Morgan fingerprint density at radius 3 is 2.60 bits per heavy atom. The molecule has 8 heteroatoms. The fourth-order valence-electron chi connectivity index (χ4n) is 3.12. The van der Waals surface area contributed by atoms with Crippen molar-refractivity contribution in [2.45, 2.75) is 26.7 Å². The van der Waals surface area contributed by atoms with Gasteiger partial charge in [-0.05, 0) is 43.5 Å². The number of nitro benzene ring substituents is 1. The Morgan fingerprint density at radius 2 is 1.93 bits per heavy atom. The molecule has 8 nitrogen and oxygen atoms in total. The lowest BCUT2D eigenvalue weighted by atomic mass is 10.0. The van der Waals surface area contributed by atoms with Crippen LogP contribution in [0.5, 0.6) is 0 Å². The van der Waals surface area contributed by atoms with Crippen LogP contribution in [-0.4, -0.2) is 27.3 Å². The van der Waals surface area contributed by atoms with E-state index in [0.29, 0.717) is 41.9 Å². The number of carbonyl (C=O) groups is 1. The monoisotopic (exact) mass is 406 g/mol. The van der Waals surface area contributed by atoms with Gasteiger partial charge in [0.25, 0.3) is 17.2 Å². The smallest absolute Gasteiger partial charge is 0.269 e. The topological polar surface area (TPSA) is 118 Å². The number of nitrogens with zero attached hydrogens (tertiary/aromatic N) is 2. The van der Waals surface area contributed by atoms with Crippen LogP contribution < -0.4 is 10.9 Å². The molecule has 0 spiro atoms. The fourth-order valence-corrected chi connectivity index (χ4v) is 3.12. The minimum absolute atomic E-state index is 0.0379. The van der Waals surface area contributed by atoms with Gasteiger partial charge in [0.1, 0.15) is 0 Å². The number of amides is 1. The summed E-state index contributed by atoms with van der Waals surface area (Å²) < 4.78 is 0. The Balaban J connectivity index is 1.69. The van der Waals surface area contributed by atoms with Crippen LogP contribution in [0.15, 0.2) is 53.5 Å². The Morgan fingerprint density at radius 1 is 1.20 bits per heavy atom. The molecule has 3 rings (SSSR count). The summed E-state index contributed by atoms with van der Waals surface area (Å²) in [5.74, 6) is -0.238. The number of non-ortho nitro benzene ring substituents is 1. The predicted octanol–water partition coefficient (Wildman–Crippen LogP) is 3.19. The average Bonchev–Trinajstić information content (AvgIpc) is 2.74. The normalized spacial score (nSPS) is 10.6. The van der Waals surface area contributed by atoms with Crippen molar-refractivity contribution in [3.05, 3.63) is 91.5 Å². The minimum Gasteiger partial charge on any atom is -0.352 e. The maximum atomic E-state index is 12.5. The summed E-state index contributed by atoms with van der Waals surface area (Å²) in [6.45, 7) is 4.10. The van der Waals surface area contributed by atoms with Crippen LogP contribution in [-0.2, 0) is 12.8 Å². The van der Waals surface area contributed by atoms with Gasteiger partial charge in [-0.3, -0.25) is 24.7 Å². The molecule has 0 radical (unpaired) electrons. The highest BCUT2D eigenvalue weighted by atomic mass is 16.6. The Bertz CT molecular complexity index is 1140. The van der Waals surface area contributed by atoms with Gasteiger partial charge in [0, 0.05) is 47.3 Å². The molecular formula is C22H22N4O4. The third-order valence-electron chi connectivity index (χ3n) is 4.84. The molecule has 3 aromatic rings. The largest absolute Gasteiger partial charge is 0.352 e. The van der Waals surface area contributed by atoms with Crippen molar-refractivity contribution in [1.82, 2.24) is 15.3 Å². The van der Waals surface area contributed by atoms with Crippen molar-refractivity contribution >= 4 is 11.6 Å². The molecule has 1 aromatic carbocycles. The molecule has 0 bridgehead atoms. The van der Waals surface area contributed by atoms with E-state index in [4.69, 9.17) is 0 Å². The highest BCUT2D eigenvalue weighted by Gasteiger charge is 2.12. The van der Waals surface area contributed by atoms with Crippen LogP contribution >= 0.6 is 0 Å². The van der Waals surface area contributed by atoms with Crippen molar-refractivity contribution in [1.29, 1.82) is 0 Å². The molecule has 2 aromatic heterocycles. The van der Waals surface area contributed by atoms with Gasteiger partial charge in [-0.1, -0.05) is 19.1 Å². The fraction of sp³-hybridized carbons (Fsp3) is 0.227. The molecule has 0 atom stereocenters. The molecule has 2 N–H and O–H groups in total. The van der Waals surface area contributed by atoms with E-state index < -0.39 is 4.92 Å². The Labute approximate surface area is 173 Å². The maximum absolute atomic E-state index is 12.5. The van der Waals surface area contributed by atoms with Crippen LogP contribution in [0.4, 0.5) is 5.69 Å². The van der Waals surface area contributed by atoms with Crippen LogP contribution in [0.2, 0.25) is 0 Å². The van der Waals surface area contributed by atoms with Gasteiger partial charge < -0.3 is 10.3 Å². The molecule has 0 unspecified atom stereocenters. The number of aromatic nitrogens is 2. The van der Waals surface area contributed by atoms with Crippen LogP contribution in [0, 0.1) is 17.0 Å². The number of nitro groups is 1. The summed E-state index contributed by atoms with van der Waals surface area (Å²) in [6, 6.07) is 11.4. The van der Waals surface area contributed by atoms with Crippen molar-refractivity contribution in [3.63, 3.8) is 0 Å². The van der Waals surface area contributed by atoms with Crippen LogP contribution in [0.1, 0.15) is 34.1 Å². The summed E-state index contributed by atoms with van der Waals surface area (Å²) >= 11 is 0. The first kappa shape index (κ1) is 20.9. The molecule has 30 heavy (non-hydrogen) atoms. The Kier molecular flexibility index (Phi) is 6.36. The first-order chi connectivity index (χ1) is 14.4. The number of carbonyl (C=O) groups excluding carboxylic acids is 1. The highest BCUT2D eigenvalue weighted by molar-refractivity contribution is 5.95. The third-order valence-corrected chi connectivity index (χ3v) is 4.84. The first-order valence-electron chi connectivity index (χ1n) is 9.59. The Hall–Kier alpha value is -3.81. The number of H-pyrrole nitrogens is 1. The molecule has 0 fully saturated rings. The number of hydrogen-bond acceptors (Lipinski definition) is 5. The van der Waals surface area contributed by atoms with Crippen LogP contribution in [0.3, 0.4) is 0 Å². The standard InChI is InChI=1S/C22H22N4O4/c1-3-16-12-19(14(2)25-22(16)28)20-13-17(9-11-23-20)21(27)24-10-8-15-4-6-18(7-5-15)26(29)30/h4-7,9,11-13H,3,8,10H2,1-2H3,(H,24,27)(H,25,28). The average molecular weight is 406 g/mol. The second kappa shape index (κ2) is 9.13. The van der Waals surface area contributed by atoms with Gasteiger partial charge >= 0.3 is 0 Å². The molecule has 0 aliphatic heterocycles. The van der Waals surface area contributed by atoms with Crippen molar-refractivity contribution in [3.8, 4) is 11.3 Å². The molecule has 1 amide bonds. The lowest BCUT2D eigenvalue weighted by Gasteiger charge is -2.10. The summed E-state index contributed by atoms with van der Waals surface area (Å²) in [4.78, 5) is 41.9.